The van der Waals surface area contributed by atoms with E-state index in [9.17, 15) is 5.11 Å². The molecule has 0 aliphatic rings. The van der Waals surface area contributed by atoms with Gasteiger partial charge in [-0.3, -0.25) is 0 Å². The first kappa shape index (κ1) is 11.5. The van der Waals surface area contributed by atoms with Crippen LogP contribution in [-0.4, -0.2) is 17.9 Å². The summed E-state index contributed by atoms with van der Waals surface area (Å²) in [6, 6.07) is 19.5. The third-order valence-corrected chi connectivity index (χ3v) is 2.38. The van der Waals surface area contributed by atoms with E-state index in [0.717, 1.165) is 11.4 Å². The maximum absolute atomic E-state index is 9.79. The van der Waals surface area contributed by atoms with Crippen molar-refractivity contribution in [1.82, 2.24) is 0 Å². The molecule has 0 aliphatic heterocycles. The van der Waals surface area contributed by atoms with E-state index in [1.807, 2.05) is 60.7 Å². The molecule has 0 saturated heterocycles. The third-order valence-electron chi connectivity index (χ3n) is 2.38. The van der Waals surface area contributed by atoms with Crippen molar-refractivity contribution >= 4 is 11.4 Å². The summed E-state index contributed by atoms with van der Waals surface area (Å²) in [5.74, 6) is 0. The van der Waals surface area contributed by atoms with Crippen molar-refractivity contribution in [2.45, 2.75) is 6.23 Å². The van der Waals surface area contributed by atoms with E-state index >= 15 is 0 Å². The minimum atomic E-state index is -0.613. The number of aliphatic hydroxyl groups is 1. The molecule has 2 rings (SSSR count). The van der Waals surface area contributed by atoms with Gasteiger partial charge < -0.3 is 15.7 Å². The second-order valence-corrected chi connectivity index (χ2v) is 3.77. The summed E-state index contributed by atoms with van der Waals surface area (Å²) in [7, 11) is 0. The van der Waals surface area contributed by atoms with E-state index in [4.69, 9.17) is 0 Å². The highest BCUT2D eigenvalue weighted by Gasteiger charge is 2.02. The molecule has 0 bridgehead atoms. The molecule has 3 heteroatoms. The quantitative estimate of drug-likeness (QED) is 0.689. The molecular weight excluding hydrogens is 212 g/mol. The highest BCUT2D eigenvalue weighted by Crippen LogP contribution is 2.08. The predicted molar refractivity (Wildman–Crippen MR) is 71.0 cm³/mol. The lowest BCUT2D eigenvalue weighted by molar-refractivity contribution is 0.217. The first-order valence-electron chi connectivity index (χ1n) is 5.63. The maximum atomic E-state index is 9.79. The van der Waals surface area contributed by atoms with Crippen molar-refractivity contribution in [3.63, 3.8) is 0 Å². The monoisotopic (exact) mass is 228 g/mol. The summed E-state index contributed by atoms with van der Waals surface area (Å²) in [6.45, 7) is 0.457. The fourth-order valence-corrected chi connectivity index (χ4v) is 1.55. The van der Waals surface area contributed by atoms with Crippen LogP contribution in [0.25, 0.3) is 0 Å². The molecule has 0 aliphatic carbocycles. The van der Waals surface area contributed by atoms with Crippen LogP contribution in [0.5, 0.6) is 0 Å². The van der Waals surface area contributed by atoms with Crippen molar-refractivity contribution in [3.8, 4) is 0 Å². The van der Waals surface area contributed by atoms with Crippen molar-refractivity contribution in [2.24, 2.45) is 0 Å². The molecule has 1 unspecified atom stereocenters. The topological polar surface area (TPSA) is 44.3 Å². The molecule has 3 N–H and O–H groups in total. The molecule has 88 valence electrons. The summed E-state index contributed by atoms with van der Waals surface area (Å²) in [5, 5.41) is 15.9. The van der Waals surface area contributed by atoms with Crippen LogP contribution in [0.1, 0.15) is 0 Å². The first-order chi connectivity index (χ1) is 8.34. The number of aliphatic hydroxyl groups excluding tert-OH is 1. The van der Waals surface area contributed by atoms with Gasteiger partial charge in [0, 0.05) is 11.4 Å². The van der Waals surface area contributed by atoms with Crippen LogP contribution >= 0.6 is 0 Å². The van der Waals surface area contributed by atoms with E-state index in [2.05, 4.69) is 10.6 Å². The molecule has 2 aromatic rings. The first-order valence-corrected chi connectivity index (χ1v) is 5.63. The SMILES string of the molecule is OC(CNc1ccccc1)Nc1ccccc1. The summed E-state index contributed by atoms with van der Waals surface area (Å²) in [4.78, 5) is 0. The summed E-state index contributed by atoms with van der Waals surface area (Å²) < 4.78 is 0. The number of anilines is 2. The van der Waals surface area contributed by atoms with Gasteiger partial charge in [0.25, 0.3) is 0 Å². The van der Waals surface area contributed by atoms with Gasteiger partial charge in [-0.05, 0) is 24.3 Å². The van der Waals surface area contributed by atoms with Crippen molar-refractivity contribution in [1.29, 1.82) is 0 Å². The number of hydrogen-bond acceptors (Lipinski definition) is 3. The smallest absolute Gasteiger partial charge is 0.141 e. The van der Waals surface area contributed by atoms with E-state index in [1.165, 1.54) is 0 Å². The minimum Gasteiger partial charge on any atom is -0.381 e. The van der Waals surface area contributed by atoms with Gasteiger partial charge in [0.05, 0.1) is 6.54 Å². The van der Waals surface area contributed by atoms with Crippen molar-refractivity contribution < 1.29 is 5.11 Å². The van der Waals surface area contributed by atoms with Crippen LogP contribution in [-0.2, 0) is 0 Å². The Hall–Kier alpha value is -2.00. The van der Waals surface area contributed by atoms with Crippen molar-refractivity contribution in [2.75, 3.05) is 17.2 Å². The number of benzene rings is 2. The molecule has 2 aromatic carbocycles. The van der Waals surface area contributed by atoms with Gasteiger partial charge >= 0.3 is 0 Å². The minimum absolute atomic E-state index is 0.457. The Labute approximate surface area is 101 Å². The normalized spacial score (nSPS) is 11.8. The van der Waals surface area contributed by atoms with Gasteiger partial charge in [0.2, 0.25) is 0 Å². The molecule has 0 saturated carbocycles. The molecule has 0 spiro atoms. The van der Waals surface area contributed by atoms with E-state index in [-0.39, 0.29) is 0 Å². The Morgan fingerprint density at radius 3 is 1.94 bits per heavy atom. The zero-order valence-corrected chi connectivity index (χ0v) is 9.51. The largest absolute Gasteiger partial charge is 0.381 e. The van der Waals surface area contributed by atoms with Crippen LogP contribution in [0.2, 0.25) is 0 Å². The molecular formula is C14H16N2O. The van der Waals surface area contributed by atoms with Gasteiger partial charge in [-0.2, -0.15) is 0 Å². The highest BCUT2D eigenvalue weighted by molar-refractivity contribution is 5.45. The second kappa shape index (κ2) is 5.92. The van der Waals surface area contributed by atoms with E-state index in [0.29, 0.717) is 6.54 Å². The fourth-order valence-electron chi connectivity index (χ4n) is 1.55. The predicted octanol–water partition coefficient (Wildman–Crippen LogP) is 2.53. The van der Waals surface area contributed by atoms with Crippen LogP contribution in [0.3, 0.4) is 0 Å². The van der Waals surface area contributed by atoms with Crippen LogP contribution in [0.15, 0.2) is 60.7 Å². The lowest BCUT2D eigenvalue weighted by Gasteiger charge is -2.15. The van der Waals surface area contributed by atoms with Gasteiger partial charge in [-0.15, -0.1) is 0 Å². The average molecular weight is 228 g/mol. The fraction of sp³-hybridized carbons (Fsp3) is 0.143. The number of hydrogen-bond donors (Lipinski definition) is 3. The van der Waals surface area contributed by atoms with Gasteiger partial charge in [-0.1, -0.05) is 36.4 Å². The third kappa shape index (κ3) is 3.81. The zero-order valence-electron chi connectivity index (χ0n) is 9.51. The Morgan fingerprint density at radius 1 is 0.824 bits per heavy atom. The van der Waals surface area contributed by atoms with Crippen LogP contribution < -0.4 is 10.6 Å². The molecule has 0 amide bonds. The second-order valence-electron chi connectivity index (χ2n) is 3.77. The van der Waals surface area contributed by atoms with Gasteiger partial charge in [0.15, 0.2) is 0 Å². The Balaban J connectivity index is 1.80. The molecule has 0 fully saturated rings. The summed E-state index contributed by atoms with van der Waals surface area (Å²) >= 11 is 0. The lowest BCUT2D eigenvalue weighted by atomic mass is 10.3. The highest BCUT2D eigenvalue weighted by atomic mass is 16.3. The molecule has 1 atom stereocenters. The van der Waals surface area contributed by atoms with Crippen molar-refractivity contribution in [3.05, 3.63) is 60.7 Å². The maximum Gasteiger partial charge on any atom is 0.141 e. The van der Waals surface area contributed by atoms with Gasteiger partial charge in [-0.25, -0.2) is 0 Å². The lowest BCUT2D eigenvalue weighted by Crippen LogP contribution is -2.27. The Morgan fingerprint density at radius 2 is 1.35 bits per heavy atom. The average Bonchev–Trinajstić information content (AvgIpc) is 2.39. The van der Waals surface area contributed by atoms with Crippen LogP contribution in [0, 0.1) is 0 Å². The van der Waals surface area contributed by atoms with E-state index < -0.39 is 6.23 Å². The molecule has 0 radical (unpaired) electrons. The summed E-state index contributed by atoms with van der Waals surface area (Å²) in [6.07, 6.45) is -0.613. The van der Waals surface area contributed by atoms with Crippen LogP contribution in [0.4, 0.5) is 11.4 Å². The van der Waals surface area contributed by atoms with Gasteiger partial charge in [0.1, 0.15) is 6.23 Å². The Bertz CT molecular complexity index is 430. The Kier molecular flexibility index (Phi) is 4.00. The molecule has 3 nitrogen and oxygen atoms in total. The molecule has 0 heterocycles. The number of para-hydroxylation sites is 2. The standard InChI is InChI=1S/C14H16N2O/c17-14(16-13-9-5-2-6-10-13)11-15-12-7-3-1-4-8-12/h1-10,14-17H,11H2. The van der Waals surface area contributed by atoms with E-state index in [1.54, 1.807) is 0 Å². The summed E-state index contributed by atoms with van der Waals surface area (Å²) in [5.41, 5.74) is 1.91. The molecule has 17 heavy (non-hydrogen) atoms. The number of nitrogens with one attached hydrogen (secondary N) is 2. The zero-order chi connectivity index (χ0) is 11.9. The number of rotatable bonds is 5. The molecule has 0 aromatic heterocycles.